The average Bonchev–Trinajstić information content (AvgIpc) is 3.00. The highest BCUT2D eigenvalue weighted by Crippen LogP contribution is 2.33. The van der Waals surface area contributed by atoms with Crippen LogP contribution < -0.4 is 10.3 Å². The third-order valence-electron chi connectivity index (χ3n) is 4.37. The highest BCUT2D eigenvalue weighted by Gasteiger charge is 2.19. The van der Waals surface area contributed by atoms with Crippen LogP contribution >= 0.6 is 27.3 Å². The molecule has 1 aliphatic carbocycles. The van der Waals surface area contributed by atoms with E-state index in [0.717, 1.165) is 45.3 Å². The molecule has 4 rings (SSSR count). The maximum atomic E-state index is 12.8. The van der Waals surface area contributed by atoms with E-state index in [-0.39, 0.29) is 5.56 Å². The highest BCUT2D eigenvalue weighted by atomic mass is 79.9. The number of aryl methyl sites for hydroxylation is 2. The normalized spacial score (nSPS) is 14.2. The van der Waals surface area contributed by atoms with E-state index in [4.69, 9.17) is 4.74 Å². The summed E-state index contributed by atoms with van der Waals surface area (Å²) >= 11 is 5.10. The lowest BCUT2D eigenvalue weighted by Crippen LogP contribution is -2.18. The molecule has 2 aromatic heterocycles. The van der Waals surface area contributed by atoms with Gasteiger partial charge in [-0.15, -0.1) is 11.3 Å². The van der Waals surface area contributed by atoms with Gasteiger partial charge in [-0.25, -0.2) is 4.98 Å². The molecule has 0 spiro atoms. The molecular formula is C18H16BrN3O2S. The minimum Gasteiger partial charge on any atom is -0.496 e. The molecule has 0 saturated heterocycles. The zero-order valence-electron chi connectivity index (χ0n) is 13.7. The summed E-state index contributed by atoms with van der Waals surface area (Å²) in [4.78, 5) is 19.4. The molecule has 0 N–H and O–H groups in total. The summed E-state index contributed by atoms with van der Waals surface area (Å²) in [7, 11) is 1.62. The van der Waals surface area contributed by atoms with Gasteiger partial charge >= 0.3 is 0 Å². The van der Waals surface area contributed by atoms with Crippen LogP contribution in [-0.4, -0.2) is 23.0 Å². The molecule has 0 aliphatic heterocycles. The van der Waals surface area contributed by atoms with E-state index in [1.54, 1.807) is 24.7 Å². The van der Waals surface area contributed by atoms with Crippen LogP contribution in [0.2, 0.25) is 0 Å². The van der Waals surface area contributed by atoms with E-state index in [0.29, 0.717) is 0 Å². The van der Waals surface area contributed by atoms with Crippen molar-refractivity contribution in [2.45, 2.75) is 25.7 Å². The van der Waals surface area contributed by atoms with Gasteiger partial charge in [0.25, 0.3) is 5.56 Å². The van der Waals surface area contributed by atoms with E-state index in [9.17, 15) is 4.79 Å². The fraction of sp³-hybridized carbons (Fsp3) is 0.278. The number of thiophene rings is 1. The molecule has 128 valence electrons. The van der Waals surface area contributed by atoms with Crippen LogP contribution in [0.3, 0.4) is 0 Å². The molecule has 0 fully saturated rings. The van der Waals surface area contributed by atoms with Crippen LogP contribution in [0, 0.1) is 0 Å². The van der Waals surface area contributed by atoms with Crippen LogP contribution in [-0.2, 0) is 12.8 Å². The second-order valence-corrected chi connectivity index (χ2v) is 7.86. The first-order chi connectivity index (χ1) is 12.2. The smallest absolute Gasteiger partial charge is 0.282 e. The van der Waals surface area contributed by atoms with Gasteiger partial charge in [0, 0.05) is 4.88 Å². The first-order valence-electron chi connectivity index (χ1n) is 8.07. The van der Waals surface area contributed by atoms with Crippen molar-refractivity contribution in [3.63, 3.8) is 0 Å². The quantitative estimate of drug-likeness (QED) is 0.605. The van der Waals surface area contributed by atoms with Crippen molar-refractivity contribution in [3.05, 3.63) is 55.4 Å². The zero-order chi connectivity index (χ0) is 17.4. The SMILES string of the molecule is COc1ccc(/C=N\n2cnc3sc4c(c3c2=O)CCCC4)cc1Br. The van der Waals surface area contributed by atoms with E-state index in [1.165, 1.54) is 27.9 Å². The average molecular weight is 418 g/mol. The number of halogens is 1. The van der Waals surface area contributed by atoms with Gasteiger partial charge in [-0.05, 0) is 70.9 Å². The Balaban J connectivity index is 1.73. The van der Waals surface area contributed by atoms with Crippen molar-refractivity contribution in [3.8, 4) is 5.75 Å². The van der Waals surface area contributed by atoms with Gasteiger partial charge in [0.05, 0.1) is 23.2 Å². The fourth-order valence-corrected chi connectivity index (χ4v) is 4.89. The van der Waals surface area contributed by atoms with Crippen molar-refractivity contribution >= 4 is 43.7 Å². The molecule has 0 bridgehead atoms. The summed E-state index contributed by atoms with van der Waals surface area (Å²) in [5, 5.41) is 5.06. The Morgan fingerprint density at radius 3 is 3.00 bits per heavy atom. The van der Waals surface area contributed by atoms with Crippen LogP contribution in [0.15, 0.2) is 38.9 Å². The zero-order valence-corrected chi connectivity index (χ0v) is 16.1. The van der Waals surface area contributed by atoms with Crippen molar-refractivity contribution < 1.29 is 4.74 Å². The van der Waals surface area contributed by atoms with Gasteiger partial charge < -0.3 is 4.74 Å². The lowest BCUT2D eigenvalue weighted by Gasteiger charge is -2.09. The molecule has 5 nitrogen and oxygen atoms in total. The summed E-state index contributed by atoms with van der Waals surface area (Å²) in [6.07, 6.45) is 7.50. The van der Waals surface area contributed by atoms with Crippen LogP contribution in [0.1, 0.15) is 28.8 Å². The number of benzene rings is 1. The minimum atomic E-state index is -0.0896. The molecule has 2 heterocycles. The second-order valence-electron chi connectivity index (χ2n) is 5.92. The Morgan fingerprint density at radius 2 is 2.20 bits per heavy atom. The summed E-state index contributed by atoms with van der Waals surface area (Å²) in [6.45, 7) is 0. The van der Waals surface area contributed by atoms with Crippen LogP contribution in [0.25, 0.3) is 10.2 Å². The van der Waals surface area contributed by atoms with Crippen molar-refractivity contribution in [2.75, 3.05) is 7.11 Å². The fourth-order valence-electron chi connectivity index (χ4n) is 3.11. The number of hydrogen-bond acceptors (Lipinski definition) is 5. The lowest BCUT2D eigenvalue weighted by atomic mass is 9.97. The van der Waals surface area contributed by atoms with Gasteiger partial charge in [-0.2, -0.15) is 9.78 Å². The molecule has 0 amide bonds. The van der Waals surface area contributed by atoms with E-state index in [2.05, 4.69) is 26.0 Å². The van der Waals surface area contributed by atoms with E-state index >= 15 is 0 Å². The molecule has 0 saturated carbocycles. The van der Waals surface area contributed by atoms with E-state index in [1.807, 2.05) is 18.2 Å². The second kappa shape index (κ2) is 6.72. The predicted molar refractivity (Wildman–Crippen MR) is 104 cm³/mol. The van der Waals surface area contributed by atoms with Crippen LogP contribution in [0.5, 0.6) is 5.75 Å². The number of nitrogens with zero attached hydrogens (tertiary/aromatic N) is 3. The number of hydrogen-bond donors (Lipinski definition) is 0. The number of aromatic nitrogens is 2. The van der Waals surface area contributed by atoms with Crippen molar-refractivity contribution in [1.82, 2.24) is 9.66 Å². The van der Waals surface area contributed by atoms with Crippen molar-refractivity contribution in [2.24, 2.45) is 5.10 Å². The Hall–Kier alpha value is -1.99. The molecule has 0 atom stereocenters. The summed E-state index contributed by atoms with van der Waals surface area (Å²) in [6, 6.07) is 5.63. The monoisotopic (exact) mass is 417 g/mol. The minimum absolute atomic E-state index is 0.0896. The molecule has 0 unspecified atom stereocenters. The molecule has 1 aliphatic rings. The number of ether oxygens (including phenoxy) is 1. The number of fused-ring (bicyclic) bond motifs is 3. The van der Waals surface area contributed by atoms with E-state index < -0.39 is 0 Å². The Kier molecular flexibility index (Phi) is 4.43. The first-order valence-corrected chi connectivity index (χ1v) is 9.68. The maximum Gasteiger partial charge on any atom is 0.282 e. The van der Waals surface area contributed by atoms with Gasteiger partial charge in [0.1, 0.15) is 16.9 Å². The van der Waals surface area contributed by atoms with Gasteiger partial charge in [0.2, 0.25) is 0 Å². The Labute approximate surface area is 157 Å². The molecule has 1 aromatic carbocycles. The molecule has 3 aromatic rings. The summed E-state index contributed by atoms with van der Waals surface area (Å²) < 4.78 is 7.38. The standard InChI is InChI=1S/C18H16BrN3O2S/c1-24-14-7-6-11(8-13(14)19)9-21-22-10-20-17-16(18(22)23)12-4-2-3-5-15(12)25-17/h6-10H,2-5H2,1H3/b21-9-. The maximum absolute atomic E-state index is 12.8. The molecular weight excluding hydrogens is 402 g/mol. The van der Waals surface area contributed by atoms with Gasteiger partial charge in [0.15, 0.2) is 0 Å². The molecule has 25 heavy (non-hydrogen) atoms. The molecule has 7 heteroatoms. The summed E-state index contributed by atoms with van der Waals surface area (Å²) in [5.74, 6) is 0.752. The van der Waals surface area contributed by atoms with Crippen LogP contribution in [0.4, 0.5) is 0 Å². The Bertz CT molecular complexity index is 1040. The number of rotatable bonds is 3. The number of methoxy groups -OCH3 is 1. The largest absolute Gasteiger partial charge is 0.496 e. The highest BCUT2D eigenvalue weighted by molar-refractivity contribution is 9.10. The Morgan fingerprint density at radius 1 is 1.36 bits per heavy atom. The summed E-state index contributed by atoms with van der Waals surface area (Å²) in [5.41, 5.74) is 1.96. The third kappa shape index (κ3) is 3.02. The third-order valence-corrected chi connectivity index (χ3v) is 6.19. The van der Waals surface area contributed by atoms with Gasteiger partial charge in [-0.3, -0.25) is 4.79 Å². The van der Waals surface area contributed by atoms with Crippen molar-refractivity contribution in [1.29, 1.82) is 0 Å². The molecule has 0 radical (unpaired) electrons. The topological polar surface area (TPSA) is 56.5 Å². The lowest BCUT2D eigenvalue weighted by molar-refractivity contribution is 0.412. The van der Waals surface area contributed by atoms with Gasteiger partial charge in [-0.1, -0.05) is 0 Å². The predicted octanol–water partition coefficient (Wildman–Crippen LogP) is 3.99. The first kappa shape index (κ1) is 16.5.